The first-order valence-electron chi connectivity index (χ1n) is 7.52. The first-order valence-corrected chi connectivity index (χ1v) is 8.27. The molecular formula is C15H18Cl2F3N3O. The van der Waals surface area contributed by atoms with Gasteiger partial charge in [-0.2, -0.15) is 13.2 Å². The normalized spacial score (nSPS) is 16.9. The van der Waals surface area contributed by atoms with Crippen molar-refractivity contribution < 1.29 is 18.0 Å². The minimum Gasteiger partial charge on any atom is -0.338 e. The summed E-state index contributed by atoms with van der Waals surface area (Å²) in [6, 6.07) is 4.37. The Hall–Kier alpha value is -1.18. The van der Waals surface area contributed by atoms with Gasteiger partial charge >= 0.3 is 12.2 Å². The van der Waals surface area contributed by atoms with Gasteiger partial charge < -0.3 is 10.6 Å². The van der Waals surface area contributed by atoms with Gasteiger partial charge in [-0.3, -0.25) is 4.90 Å². The third kappa shape index (κ3) is 6.37. The van der Waals surface area contributed by atoms with E-state index >= 15 is 0 Å². The van der Waals surface area contributed by atoms with Crippen molar-refractivity contribution in [1.82, 2.24) is 10.2 Å². The maximum Gasteiger partial charge on any atom is 0.401 e. The number of hydrogen-bond donors (Lipinski definition) is 2. The predicted molar refractivity (Wildman–Crippen MR) is 88.7 cm³/mol. The molecule has 1 aliphatic rings. The standard InChI is InChI=1S/C15H18Cl2F3N3O/c16-12-2-1-11(7-13(12)17)22-14(24)21-8-10-3-5-23(6-4-10)9-15(18,19)20/h1-2,7,10H,3-6,8-9H2,(H2,21,22,24). The van der Waals surface area contributed by atoms with E-state index in [2.05, 4.69) is 10.6 Å². The molecule has 0 unspecified atom stereocenters. The molecule has 24 heavy (non-hydrogen) atoms. The van der Waals surface area contributed by atoms with Gasteiger partial charge in [-0.05, 0) is 50.0 Å². The number of likely N-dealkylation sites (tertiary alicyclic amines) is 1. The van der Waals surface area contributed by atoms with Crippen LogP contribution in [0, 0.1) is 5.92 Å². The molecule has 1 aromatic carbocycles. The predicted octanol–water partition coefficient (Wildman–Crippen LogP) is 4.39. The van der Waals surface area contributed by atoms with Crippen molar-refractivity contribution in [3.05, 3.63) is 28.2 Å². The van der Waals surface area contributed by atoms with Gasteiger partial charge in [0.2, 0.25) is 0 Å². The Kier molecular flexibility index (Phi) is 6.60. The number of rotatable bonds is 4. The van der Waals surface area contributed by atoms with Gasteiger partial charge in [0.15, 0.2) is 0 Å². The Balaban J connectivity index is 1.70. The van der Waals surface area contributed by atoms with E-state index in [0.717, 1.165) is 0 Å². The summed E-state index contributed by atoms with van der Waals surface area (Å²) in [7, 11) is 0. The minimum absolute atomic E-state index is 0.175. The Morgan fingerprint density at radius 2 is 1.88 bits per heavy atom. The number of anilines is 1. The number of benzene rings is 1. The van der Waals surface area contributed by atoms with Crippen LogP contribution in [0.4, 0.5) is 23.7 Å². The SMILES string of the molecule is O=C(NCC1CCN(CC(F)(F)F)CC1)Nc1ccc(Cl)c(Cl)c1. The second-order valence-electron chi connectivity index (χ2n) is 5.80. The molecule has 2 N–H and O–H groups in total. The van der Waals surface area contributed by atoms with Crippen LogP contribution in [0.25, 0.3) is 0 Å². The number of piperidine rings is 1. The summed E-state index contributed by atoms with van der Waals surface area (Å²) in [5.74, 6) is 0.175. The Labute approximate surface area is 148 Å². The molecule has 134 valence electrons. The molecule has 2 amide bonds. The summed E-state index contributed by atoms with van der Waals surface area (Å²) < 4.78 is 37.0. The van der Waals surface area contributed by atoms with Crippen molar-refractivity contribution >= 4 is 34.9 Å². The largest absolute Gasteiger partial charge is 0.401 e. The number of halogens is 5. The van der Waals surface area contributed by atoms with Gasteiger partial charge in [0.1, 0.15) is 0 Å². The van der Waals surface area contributed by atoms with Gasteiger partial charge in [-0.1, -0.05) is 23.2 Å². The highest BCUT2D eigenvalue weighted by Crippen LogP contribution is 2.25. The Morgan fingerprint density at radius 3 is 2.46 bits per heavy atom. The Morgan fingerprint density at radius 1 is 1.21 bits per heavy atom. The number of nitrogens with one attached hydrogen (secondary N) is 2. The summed E-state index contributed by atoms with van der Waals surface area (Å²) in [4.78, 5) is 13.2. The number of urea groups is 1. The van der Waals surface area contributed by atoms with Crippen LogP contribution in [0.1, 0.15) is 12.8 Å². The number of hydrogen-bond acceptors (Lipinski definition) is 2. The lowest BCUT2D eigenvalue weighted by molar-refractivity contribution is -0.148. The van der Waals surface area contributed by atoms with Crippen LogP contribution in [-0.2, 0) is 0 Å². The lowest BCUT2D eigenvalue weighted by Gasteiger charge is -2.32. The number of amides is 2. The zero-order valence-electron chi connectivity index (χ0n) is 12.8. The first kappa shape index (κ1) is 19.1. The van der Waals surface area contributed by atoms with Crippen LogP contribution < -0.4 is 10.6 Å². The van der Waals surface area contributed by atoms with E-state index in [4.69, 9.17) is 23.2 Å². The maximum absolute atomic E-state index is 12.3. The monoisotopic (exact) mass is 383 g/mol. The molecular weight excluding hydrogens is 366 g/mol. The van der Waals surface area contributed by atoms with Gasteiger partial charge in [0.25, 0.3) is 0 Å². The van der Waals surface area contributed by atoms with Crippen LogP contribution in [0.3, 0.4) is 0 Å². The molecule has 0 spiro atoms. The smallest absolute Gasteiger partial charge is 0.338 e. The quantitative estimate of drug-likeness (QED) is 0.809. The van der Waals surface area contributed by atoms with Crippen LogP contribution in [0.15, 0.2) is 18.2 Å². The topological polar surface area (TPSA) is 44.4 Å². The minimum atomic E-state index is -4.16. The van der Waals surface area contributed by atoms with Crippen LogP contribution in [0.2, 0.25) is 10.0 Å². The Bertz CT molecular complexity index is 576. The van der Waals surface area contributed by atoms with Crippen LogP contribution >= 0.6 is 23.2 Å². The van der Waals surface area contributed by atoms with Crippen LogP contribution in [-0.4, -0.2) is 43.3 Å². The van der Waals surface area contributed by atoms with Crippen molar-refractivity contribution in [2.75, 3.05) is 31.5 Å². The zero-order chi connectivity index (χ0) is 17.7. The highest BCUT2D eigenvalue weighted by atomic mass is 35.5. The molecule has 0 atom stereocenters. The lowest BCUT2D eigenvalue weighted by atomic mass is 9.97. The summed E-state index contributed by atoms with van der Waals surface area (Å²) >= 11 is 11.7. The average Bonchev–Trinajstić information content (AvgIpc) is 2.49. The number of carbonyl (C=O) groups is 1. The highest BCUT2D eigenvalue weighted by molar-refractivity contribution is 6.42. The van der Waals surface area contributed by atoms with E-state index in [0.29, 0.717) is 48.2 Å². The molecule has 0 aliphatic carbocycles. The molecule has 2 rings (SSSR count). The molecule has 1 aromatic rings. The van der Waals surface area contributed by atoms with Gasteiger partial charge in [-0.15, -0.1) is 0 Å². The van der Waals surface area contributed by atoms with E-state index in [1.807, 2.05) is 0 Å². The molecule has 9 heteroatoms. The second kappa shape index (κ2) is 8.27. The van der Waals surface area contributed by atoms with Crippen LogP contribution in [0.5, 0.6) is 0 Å². The van der Waals surface area contributed by atoms with Crippen molar-refractivity contribution in [2.45, 2.75) is 19.0 Å². The van der Waals surface area contributed by atoms with E-state index in [-0.39, 0.29) is 11.9 Å². The molecule has 0 bridgehead atoms. The van der Waals surface area contributed by atoms with E-state index < -0.39 is 12.7 Å². The number of carbonyl (C=O) groups excluding carboxylic acids is 1. The summed E-state index contributed by atoms with van der Waals surface area (Å²) in [5, 5.41) is 6.10. The summed E-state index contributed by atoms with van der Waals surface area (Å²) in [5.41, 5.74) is 0.516. The van der Waals surface area contributed by atoms with E-state index in [1.165, 1.54) is 4.90 Å². The second-order valence-corrected chi connectivity index (χ2v) is 6.61. The van der Waals surface area contributed by atoms with E-state index in [1.54, 1.807) is 18.2 Å². The molecule has 1 fully saturated rings. The molecule has 1 aliphatic heterocycles. The van der Waals surface area contributed by atoms with Crippen molar-refractivity contribution in [3.8, 4) is 0 Å². The fourth-order valence-corrected chi connectivity index (χ4v) is 2.89. The summed E-state index contributed by atoms with van der Waals surface area (Å²) in [6.45, 7) is 0.332. The molecule has 0 radical (unpaired) electrons. The fraction of sp³-hybridized carbons (Fsp3) is 0.533. The third-order valence-corrected chi connectivity index (χ3v) is 4.58. The third-order valence-electron chi connectivity index (χ3n) is 3.84. The molecule has 0 aromatic heterocycles. The molecule has 0 saturated carbocycles. The number of nitrogens with zero attached hydrogens (tertiary/aromatic N) is 1. The van der Waals surface area contributed by atoms with Crippen molar-refractivity contribution in [1.29, 1.82) is 0 Å². The molecule has 1 saturated heterocycles. The fourth-order valence-electron chi connectivity index (χ4n) is 2.59. The van der Waals surface area contributed by atoms with E-state index in [9.17, 15) is 18.0 Å². The summed E-state index contributed by atoms with van der Waals surface area (Å²) in [6.07, 6.45) is -2.91. The van der Waals surface area contributed by atoms with Gasteiger partial charge in [0, 0.05) is 12.2 Å². The zero-order valence-corrected chi connectivity index (χ0v) is 14.3. The molecule has 1 heterocycles. The highest BCUT2D eigenvalue weighted by Gasteiger charge is 2.32. The average molecular weight is 384 g/mol. The maximum atomic E-state index is 12.3. The van der Waals surface area contributed by atoms with Gasteiger partial charge in [0.05, 0.1) is 16.6 Å². The van der Waals surface area contributed by atoms with Crippen molar-refractivity contribution in [2.24, 2.45) is 5.92 Å². The molecule has 4 nitrogen and oxygen atoms in total. The lowest BCUT2D eigenvalue weighted by Crippen LogP contribution is -2.43. The van der Waals surface area contributed by atoms with Gasteiger partial charge in [-0.25, -0.2) is 4.79 Å². The first-order chi connectivity index (χ1) is 11.2. The number of alkyl halides is 3. The van der Waals surface area contributed by atoms with Crippen molar-refractivity contribution in [3.63, 3.8) is 0 Å².